The number of carbonyl (C=O) groups excluding carboxylic acids is 2. The second kappa shape index (κ2) is 10.4. The maximum absolute atomic E-state index is 13.8. The molecule has 1 heterocycles. The Labute approximate surface area is 225 Å². The van der Waals surface area contributed by atoms with Crippen LogP contribution in [-0.4, -0.2) is 42.7 Å². The van der Waals surface area contributed by atoms with Crippen LogP contribution < -0.4 is 19.1 Å². The fourth-order valence-corrected chi connectivity index (χ4v) is 5.01. The van der Waals surface area contributed by atoms with Gasteiger partial charge in [-0.15, -0.1) is 0 Å². The van der Waals surface area contributed by atoms with Crippen LogP contribution in [0.25, 0.3) is 16.5 Å². The van der Waals surface area contributed by atoms with Gasteiger partial charge in [0.15, 0.2) is 11.5 Å². The minimum atomic E-state index is -1.05. The third-order valence-electron chi connectivity index (χ3n) is 6.73. The maximum Gasteiger partial charge on any atom is 0.300 e. The van der Waals surface area contributed by atoms with E-state index in [-0.39, 0.29) is 34.1 Å². The van der Waals surface area contributed by atoms with Crippen molar-refractivity contribution in [1.82, 2.24) is 0 Å². The Bertz CT molecular complexity index is 1600. The standard InChI is InChI=1S/C31H27NO7/c1-4-39-25-17-19(15-16-22(25)33)28-27(29(34)26-23(37-2)13-8-14-24(26)38-3)30(35)31(36)32(28)21-12-7-10-18-9-5-6-11-20(18)21/h5-17,28,33-34H,4H2,1-3H3/b29-27+. The number of phenolic OH excluding ortho intramolecular Hbond substituents is 1. The Morgan fingerprint density at radius 1 is 0.872 bits per heavy atom. The molecule has 0 radical (unpaired) electrons. The fraction of sp³-hybridized carbons (Fsp3) is 0.161. The zero-order valence-electron chi connectivity index (χ0n) is 21.7. The highest BCUT2D eigenvalue weighted by Gasteiger charge is 2.48. The number of amides is 1. The number of nitrogens with zero attached hydrogens (tertiary/aromatic N) is 1. The van der Waals surface area contributed by atoms with Gasteiger partial charge in [-0.2, -0.15) is 0 Å². The molecule has 1 saturated heterocycles. The minimum Gasteiger partial charge on any atom is -0.506 e. The highest BCUT2D eigenvalue weighted by Crippen LogP contribution is 2.47. The van der Waals surface area contributed by atoms with E-state index in [4.69, 9.17) is 14.2 Å². The Balaban J connectivity index is 1.83. The molecule has 8 heteroatoms. The number of aliphatic hydroxyl groups excluding tert-OH is 1. The van der Waals surface area contributed by atoms with E-state index < -0.39 is 23.5 Å². The van der Waals surface area contributed by atoms with E-state index >= 15 is 0 Å². The lowest BCUT2D eigenvalue weighted by atomic mass is 9.94. The first-order valence-electron chi connectivity index (χ1n) is 12.4. The van der Waals surface area contributed by atoms with Gasteiger partial charge in [0.1, 0.15) is 22.8 Å². The van der Waals surface area contributed by atoms with Crippen LogP contribution in [0.4, 0.5) is 5.69 Å². The van der Waals surface area contributed by atoms with Gasteiger partial charge in [-0.3, -0.25) is 14.5 Å². The van der Waals surface area contributed by atoms with Gasteiger partial charge in [0, 0.05) is 5.39 Å². The number of hydrogen-bond donors (Lipinski definition) is 2. The number of methoxy groups -OCH3 is 2. The number of aromatic hydroxyl groups is 1. The van der Waals surface area contributed by atoms with Crippen LogP contribution in [0.1, 0.15) is 24.1 Å². The van der Waals surface area contributed by atoms with Crippen LogP contribution in [0.15, 0.2) is 84.4 Å². The average molecular weight is 526 g/mol. The summed E-state index contributed by atoms with van der Waals surface area (Å²) < 4.78 is 16.5. The molecule has 198 valence electrons. The quantitative estimate of drug-likeness (QED) is 0.184. The Kier molecular flexibility index (Phi) is 6.85. The maximum atomic E-state index is 13.8. The van der Waals surface area contributed by atoms with Crippen LogP contribution in [0.3, 0.4) is 0 Å². The minimum absolute atomic E-state index is 0.0888. The van der Waals surface area contributed by atoms with E-state index in [2.05, 4.69) is 0 Å². The number of phenols is 1. The van der Waals surface area contributed by atoms with Crippen molar-refractivity contribution in [1.29, 1.82) is 0 Å². The molecule has 2 N–H and O–H groups in total. The number of carbonyl (C=O) groups is 2. The van der Waals surface area contributed by atoms with Gasteiger partial charge in [-0.1, -0.05) is 48.5 Å². The molecule has 1 amide bonds. The largest absolute Gasteiger partial charge is 0.506 e. The molecule has 0 aromatic heterocycles. The number of ether oxygens (including phenoxy) is 3. The monoisotopic (exact) mass is 525 g/mol. The van der Waals surface area contributed by atoms with Crippen molar-refractivity contribution >= 4 is 33.9 Å². The number of anilines is 1. The number of aliphatic hydroxyl groups is 1. The van der Waals surface area contributed by atoms with E-state index in [1.54, 1.807) is 49.4 Å². The molecule has 4 aromatic carbocycles. The van der Waals surface area contributed by atoms with Crippen molar-refractivity contribution in [2.24, 2.45) is 0 Å². The van der Waals surface area contributed by atoms with E-state index in [0.717, 1.165) is 10.8 Å². The molecule has 1 unspecified atom stereocenters. The first-order valence-corrected chi connectivity index (χ1v) is 12.4. The lowest BCUT2D eigenvalue weighted by Crippen LogP contribution is -2.29. The Morgan fingerprint density at radius 3 is 2.23 bits per heavy atom. The van der Waals surface area contributed by atoms with Crippen molar-refractivity contribution in [2.45, 2.75) is 13.0 Å². The smallest absolute Gasteiger partial charge is 0.300 e. The molecule has 1 fully saturated rings. The summed E-state index contributed by atoms with van der Waals surface area (Å²) in [6, 6.07) is 21.5. The number of ketones is 1. The van der Waals surface area contributed by atoms with Gasteiger partial charge < -0.3 is 24.4 Å². The number of fused-ring (bicyclic) bond motifs is 1. The summed E-state index contributed by atoms with van der Waals surface area (Å²) in [6.45, 7) is 2.07. The third-order valence-corrected chi connectivity index (χ3v) is 6.73. The van der Waals surface area contributed by atoms with Crippen LogP contribution in [0.5, 0.6) is 23.0 Å². The summed E-state index contributed by atoms with van der Waals surface area (Å²) in [5.41, 5.74) is 0.951. The van der Waals surface area contributed by atoms with E-state index in [1.807, 2.05) is 30.3 Å². The normalized spacial score (nSPS) is 16.5. The molecule has 39 heavy (non-hydrogen) atoms. The van der Waals surface area contributed by atoms with Crippen LogP contribution in [-0.2, 0) is 9.59 Å². The fourth-order valence-electron chi connectivity index (χ4n) is 5.01. The van der Waals surface area contributed by atoms with Gasteiger partial charge in [0.05, 0.1) is 38.1 Å². The van der Waals surface area contributed by atoms with Crippen molar-refractivity contribution in [3.05, 3.63) is 95.6 Å². The Hall–Kier alpha value is -4.98. The molecule has 1 aliphatic heterocycles. The van der Waals surface area contributed by atoms with Crippen LogP contribution >= 0.6 is 0 Å². The van der Waals surface area contributed by atoms with Crippen molar-refractivity contribution in [3.8, 4) is 23.0 Å². The lowest BCUT2D eigenvalue weighted by Gasteiger charge is -2.27. The summed E-state index contributed by atoms with van der Waals surface area (Å²) in [7, 11) is 2.87. The zero-order valence-corrected chi connectivity index (χ0v) is 21.7. The van der Waals surface area contributed by atoms with Crippen molar-refractivity contribution in [3.63, 3.8) is 0 Å². The number of benzene rings is 4. The molecular weight excluding hydrogens is 498 g/mol. The molecule has 1 atom stereocenters. The molecule has 1 aliphatic rings. The molecule has 0 spiro atoms. The SMILES string of the molecule is CCOc1cc(C2/C(=C(\O)c3c(OC)cccc3OC)C(=O)C(=O)N2c2cccc3ccccc23)ccc1O. The zero-order chi connectivity index (χ0) is 27.7. The Morgan fingerprint density at radius 2 is 1.54 bits per heavy atom. The van der Waals surface area contributed by atoms with Crippen molar-refractivity contribution < 1.29 is 34.0 Å². The van der Waals surface area contributed by atoms with Gasteiger partial charge in [-0.05, 0) is 48.2 Å². The van der Waals surface area contributed by atoms with E-state index in [1.165, 1.54) is 25.2 Å². The predicted octanol–water partition coefficient (Wildman–Crippen LogP) is 5.59. The number of rotatable bonds is 7. The van der Waals surface area contributed by atoms with E-state index in [0.29, 0.717) is 17.9 Å². The summed E-state index contributed by atoms with van der Waals surface area (Å²) in [5.74, 6) is -1.49. The summed E-state index contributed by atoms with van der Waals surface area (Å²) in [4.78, 5) is 28.9. The number of hydrogen-bond acceptors (Lipinski definition) is 7. The third kappa shape index (κ3) is 4.29. The van der Waals surface area contributed by atoms with Gasteiger partial charge in [-0.25, -0.2) is 0 Å². The molecule has 5 rings (SSSR count). The highest BCUT2D eigenvalue weighted by molar-refractivity contribution is 6.52. The molecule has 0 saturated carbocycles. The molecular formula is C31H27NO7. The first-order chi connectivity index (χ1) is 18.9. The summed E-state index contributed by atoms with van der Waals surface area (Å²) in [5, 5.41) is 23.7. The molecule has 8 nitrogen and oxygen atoms in total. The average Bonchev–Trinajstić information content (AvgIpc) is 3.22. The van der Waals surface area contributed by atoms with Crippen LogP contribution in [0.2, 0.25) is 0 Å². The second-order valence-electron chi connectivity index (χ2n) is 8.87. The van der Waals surface area contributed by atoms with Gasteiger partial charge >= 0.3 is 0 Å². The lowest BCUT2D eigenvalue weighted by molar-refractivity contribution is -0.132. The second-order valence-corrected chi connectivity index (χ2v) is 8.87. The van der Waals surface area contributed by atoms with Gasteiger partial charge in [0.25, 0.3) is 11.7 Å². The highest BCUT2D eigenvalue weighted by atomic mass is 16.5. The first kappa shape index (κ1) is 25.7. The molecule has 4 aromatic rings. The van der Waals surface area contributed by atoms with Crippen LogP contribution in [0, 0.1) is 0 Å². The molecule has 0 aliphatic carbocycles. The summed E-state index contributed by atoms with van der Waals surface area (Å²) >= 11 is 0. The molecule has 0 bridgehead atoms. The number of Topliss-reactive ketones (excluding diaryl/α,β-unsaturated/α-hetero) is 1. The van der Waals surface area contributed by atoms with E-state index in [9.17, 15) is 19.8 Å². The predicted molar refractivity (Wildman–Crippen MR) is 148 cm³/mol. The van der Waals surface area contributed by atoms with Crippen molar-refractivity contribution in [2.75, 3.05) is 25.7 Å². The summed E-state index contributed by atoms with van der Waals surface area (Å²) in [6.07, 6.45) is 0. The topological polar surface area (TPSA) is 106 Å². The van der Waals surface area contributed by atoms with Gasteiger partial charge in [0.2, 0.25) is 0 Å².